The van der Waals surface area contributed by atoms with E-state index in [0.717, 1.165) is 25.0 Å². The van der Waals surface area contributed by atoms with E-state index in [-0.39, 0.29) is 18.1 Å². The largest absolute Gasteiger partial charge is 0.497 e. The van der Waals surface area contributed by atoms with Gasteiger partial charge >= 0.3 is 0 Å². The van der Waals surface area contributed by atoms with E-state index >= 15 is 0 Å². The average molecular weight is 409 g/mol. The van der Waals surface area contributed by atoms with Gasteiger partial charge < -0.3 is 19.1 Å². The number of aromatic nitrogens is 4. The highest BCUT2D eigenvalue weighted by molar-refractivity contribution is 5.77. The van der Waals surface area contributed by atoms with Gasteiger partial charge in [-0.2, -0.15) is 4.52 Å². The number of methoxy groups -OCH3 is 1. The molecule has 1 fully saturated rings. The molecule has 0 bridgehead atoms. The Morgan fingerprint density at radius 1 is 1.23 bits per heavy atom. The van der Waals surface area contributed by atoms with Crippen molar-refractivity contribution in [2.45, 2.75) is 24.9 Å². The highest BCUT2D eigenvalue weighted by Gasteiger charge is 2.41. The van der Waals surface area contributed by atoms with Crippen LogP contribution in [-0.4, -0.2) is 64.0 Å². The van der Waals surface area contributed by atoms with E-state index in [1.54, 1.807) is 19.2 Å². The van der Waals surface area contributed by atoms with Crippen molar-refractivity contribution in [1.29, 1.82) is 0 Å². The molecular formula is C21H23N5O4. The Labute approximate surface area is 173 Å². The fraction of sp³-hybridized carbons (Fsp3) is 0.429. The molecule has 0 radical (unpaired) electrons. The third-order valence-corrected chi connectivity index (χ3v) is 5.96. The first-order valence-electron chi connectivity index (χ1n) is 10.1. The molecular weight excluding hydrogens is 386 g/mol. The molecule has 9 heteroatoms. The maximum Gasteiger partial charge on any atom is 0.260 e. The van der Waals surface area contributed by atoms with Crippen LogP contribution in [0.15, 0.2) is 36.7 Å². The van der Waals surface area contributed by atoms with Gasteiger partial charge in [-0.3, -0.25) is 4.79 Å². The van der Waals surface area contributed by atoms with Crippen LogP contribution >= 0.6 is 0 Å². The molecule has 9 nitrogen and oxygen atoms in total. The van der Waals surface area contributed by atoms with Crippen LogP contribution < -0.4 is 9.47 Å². The topological polar surface area (TPSA) is 91.1 Å². The van der Waals surface area contributed by atoms with Crippen molar-refractivity contribution < 1.29 is 19.0 Å². The molecule has 4 heterocycles. The molecule has 0 unspecified atom stereocenters. The number of amides is 1. The van der Waals surface area contributed by atoms with Crippen molar-refractivity contribution in [2.75, 3.05) is 33.4 Å². The summed E-state index contributed by atoms with van der Waals surface area (Å²) in [6, 6.07) is 9.63. The first-order chi connectivity index (χ1) is 14.7. The van der Waals surface area contributed by atoms with Gasteiger partial charge in [0.2, 0.25) is 5.88 Å². The van der Waals surface area contributed by atoms with E-state index in [2.05, 4.69) is 27.4 Å². The van der Waals surface area contributed by atoms with E-state index in [0.29, 0.717) is 31.2 Å². The molecule has 0 saturated carbocycles. The number of fused-ring (bicyclic) bond motifs is 3. The van der Waals surface area contributed by atoms with E-state index in [9.17, 15) is 4.79 Å². The maximum absolute atomic E-state index is 12.7. The number of carbonyl (C=O) groups excluding carboxylic acids is 1. The smallest absolute Gasteiger partial charge is 0.260 e. The highest BCUT2D eigenvalue weighted by atomic mass is 16.5. The highest BCUT2D eigenvalue weighted by Crippen LogP contribution is 2.42. The Hall–Kier alpha value is -3.20. The molecule has 5 rings (SSSR count). The van der Waals surface area contributed by atoms with Crippen molar-refractivity contribution in [3.63, 3.8) is 0 Å². The summed E-state index contributed by atoms with van der Waals surface area (Å²) in [5.41, 5.74) is 2.81. The molecule has 30 heavy (non-hydrogen) atoms. The summed E-state index contributed by atoms with van der Waals surface area (Å²) >= 11 is 0. The Kier molecular flexibility index (Phi) is 4.74. The molecule has 3 aromatic rings. The fourth-order valence-corrected chi connectivity index (χ4v) is 4.33. The number of hydrogen-bond donors (Lipinski definition) is 0. The zero-order valence-electron chi connectivity index (χ0n) is 16.8. The van der Waals surface area contributed by atoms with Crippen molar-refractivity contribution in [2.24, 2.45) is 0 Å². The fourth-order valence-electron chi connectivity index (χ4n) is 4.33. The molecule has 1 spiro atoms. The molecule has 2 aliphatic heterocycles. The summed E-state index contributed by atoms with van der Waals surface area (Å²) in [4.78, 5) is 14.5. The van der Waals surface area contributed by atoms with Crippen LogP contribution in [0.5, 0.6) is 11.6 Å². The molecule has 1 amide bonds. The molecule has 2 aliphatic rings. The third-order valence-electron chi connectivity index (χ3n) is 5.96. The number of ether oxygens (including phenoxy) is 3. The van der Waals surface area contributed by atoms with Crippen LogP contribution in [0.1, 0.15) is 24.0 Å². The predicted octanol–water partition coefficient (Wildman–Crippen LogP) is 1.60. The van der Waals surface area contributed by atoms with Crippen LogP contribution in [0.2, 0.25) is 0 Å². The van der Waals surface area contributed by atoms with Crippen LogP contribution in [-0.2, 0) is 21.6 Å². The van der Waals surface area contributed by atoms with Crippen LogP contribution in [0.3, 0.4) is 0 Å². The van der Waals surface area contributed by atoms with Gasteiger partial charge in [0.1, 0.15) is 12.1 Å². The Bertz CT molecular complexity index is 1070. The van der Waals surface area contributed by atoms with Gasteiger partial charge in [0.15, 0.2) is 12.3 Å². The minimum atomic E-state index is -0.321. The first-order valence-corrected chi connectivity index (χ1v) is 10.1. The number of nitrogens with zero attached hydrogens (tertiary/aromatic N) is 5. The number of likely N-dealkylation sites (tertiary alicyclic amines) is 1. The average Bonchev–Trinajstić information content (AvgIpc) is 3.26. The minimum Gasteiger partial charge on any atom is -0.497 e. The quantitative estimate of drug-likeness (QED) is 0.646. The molecule has 0 aliphatic carbocycles. The van der Waals surface area contributed by atoms with Gasteiger partial charge in [-0.25, -0.2) is 0 Å². The second kappa shape index (κ2) is 7.56. The van der Waals surface area contributed by atoms with E-state index in [1.165, 1.54) is 22.0 Å². The lowest BCUT2D eigenvalue weighted by Crippen LogP contribution is -2.49. The zero-order valence-corrected chi connectivity index (χ0v) is 16.8. The Morgan fingerprint density at radius 2 is 2.10 bits per heavy atom. The van der Waals surface area contributed by atoms with Crippen LogP contribution in [0, 0.1) is 0 Å². The monoisotopic (exact) mass is 409 g/mol. The van der Waals surface area contributed by atoms with Crippen LogP contribution in [0.4, 0.5) is 0 Å². The first kappa shape index (κ1) is 18.8. The van der Waals surface area contributed by atoms with Gasteiger partial charge in [-0.1, -0.05) is 6.07 Å². The summed E-state index contributed by atoms with van der Waals surface area (Å²) in [6.07, 6.45) is 3.91. The third kappa shape index (κ3) is 3.35. The lowest BCUT2D eigenvalue weighted by molar-refractivity contribution is -0.142. The van der Waals surface area contributed by atoms with Crippen LogP contribution in [0.25, 0.3) is 5.65 Å². The summed E-state index contributed by atoms with van der Waals surface area (Å²) in [6.45, 7) is 1.90. The lowest BCUT2D eigenvalue weighted by Gasteiger charge is -2.45. The second-order valence-corrected chi connectivity index (χ2v) is 7.59. The van der Waals surface area contributed by atoms with E-state index in [1.807, 2.05) is 11.0 Å². The van der Waals surface area contributed by atoms with Gasteiger partial charge in [0, 0.05) is 19.2 Å². The van der Waals surface area contributed by atoms with E-state index in [4.69, 9.17) is 14.2 Å². The van der Waals surface area contributed by atoms with Gasteiger partial charge in [-0.15, -0.1) is 15.3 Å². The Balaban J connectivity index is 1.22. The lowest BCUT2D eigenvalue weighted by atomic mass is 9.79. The molecule has 1 aromatic carbocycles. The van der Waals surface area contributed by atoms with Crippen molar-refractivity contribution in [1.82, 2.24) is 24.7 Å². The molecule has 1 saturated heterocycles. The summed E-state index contributed by atoms with van der Waals surface area (Å²) in [5, 5.41) is 11.9. The zero-order chi connectivity index (χ0) is 20.6. The SMILES string of the molecule is COc1ccc2c(c1)CCOC21CCN(C(=O)COc2ccc3nncn3n2)CC1. The number of hydrogen-bond acceptors (Lipinski definition) is 7. The molecule has 156 valence electrons. The minimum absolute atomic E-state index is 0.0533. The van der Waals surface area contributed by atoms with Gasteiger partial charge in [-0.05, 0) is 48.6 Å². The van der Waals surface area contributed by atoms with Crippen molar-refractivity contribution >= 4 is 11.6 Å². The standard InChI is InChI=1S/C21H23N5O4/c1-28-16-2-3-17-15(12-16)6-11-30-21(17)7-9-25(10-8-21)20(27)13-29-19-5-4-18-23-22-14-26(18)24-19/h2-5,12,14H,6-11,13H2,1H3. The molecule has 0 N–H and O–H groups in total. The van der Waals surface area contributed by atoms with Crippen molar-refractivity contribution in [3.8, 4) is 11.6 Å². The normalized spacial score (nSPS) is 17.7. The van der Waals surface area contributed by atoms with Gasteiger partial charge in [0.25, 0.3) is 5.91 Å². The number of carbonyl (C=O) groups is 1. The second-order valence-electron chi connectivity index (χ2n) is 7.59. The maximum atomic E-state index is 12.7. The number of benzene rings is 1. The van der Waals surface area contributed by atoms with Crippen molar-refractivity contribution in [3.05, 3.63) is 47.8 Å². The number of rotatable bonds is 4. The Morgan fingerprint density at radius 3 is 2.93 bits per heavy atom. The number of piperidine rings is 1. The summed E-state index contributed by atoms with van der Waals surface area (Å²) in [5.74, 6) is 1.18. The summed E-state index contributed by atoms with van der Waals surface area (Å²) < 4.78 is 18.7. The molecule has 0 atom stereocenters. The van der Waals surface area contributed by atoms with E-state index < -0.39 is 0 Å². The predicted molar refractivity (Wildman–Crippen MR) is 106 cm³/mol. The summed E-state index contributed by atoms with van der Waals surface area (Å²) in [7, 11) is 1.68. The van der Waals surface area contributed by atoms with Gasteiger partial charge in [0.05, 0.1) is 19.3 Å². The molecule has 2 aromatic heterocycles.